The van der Waals surface area contributed by atoms with Crippen LogP contribution >= 0.6 is 11.6 Å². The van der Waals surface area contributed by atoms with Crippen LogP contribution in [0.3, 0.4) is 0 Å². The molecule has 1 aromatic carbocycles. The molecule has 1 unspecified atom stereocenters. The molecule has 0 aromatic heterocycles. The minimum Gasteiger partial charge on any atom is -0.495 e. The number of benzene rings is 1. The van der Waals surface area contributed by atoms with Crippen molar-refractivity contribution in [1.82, 2.24) is 10.6 Å². The molecule has 0 radical (unpaired) electrons. The molecule has 0 spiro atoms. The van der Waals surface area contributed by atoms with Gasteiger partial charge >= 0.3 is 0 Å². The Balaban J connectivity index is 2.38. The van der Waals surface area contributed by atoms with E-state index < -0.39 is 5.54 Å². The summed E-state index contributed by atoms with van der Waals surface area (Å²) in [4.78, 5) is 11.9. The van der Waals surface area contributed by atoms with Crippen molar-refractivity contribution in [3.63, 3.8) is 0 Å². The molecular formula is C12H15ClN2O2. The lowest BCUT2D eigenvalue weighted by atomic mass is 9.89. The molecule has 1 atom stereocenters. The van der Waals surface area contributed by atoms with Crippen molar-refractivity contribution in [3.05, 3.63) is 28.8 Å². The summed E-state index contributed by atoms with van der Waals surface area (Å²) in [5.74, 6) is 0.570. The summed E-state index contributed by atoms with van der Waals surface area (Å²) >= 11 is 6.07. The smallest absolute Gasteiger partial charge is 0.244 e. The molecule has 4 nitrogen and oxygen atoms in total. The molecule has 1 saturated heterocycles. The number of hydrogen-bond acceptors (Lipinski definition) is 3. The van der Waals surface area contributed by atoms with Crippen LogP contribution in [0.2, 0.25) is 5.02 Å². The molecule has 0 saturated carbocycles. The number of carbonyl (C=O) groups excluding carboxylic acids is 1. The lowest BCUT2D eigenvalue weighted by Gasteiger charge is -2.34. The second-order valence-corrected chi connectivity index (χ2v) is 4.56. The van der Waals surface area contributed by atoms with Crippen molar-refractivity contribution < 1.29 is 9.53 Å². The van der Waals surface area contributed by atoms with Crippen LogP contribution in [0.1, 0.15) is 12.5 Å². The molecule has 1 aromatic rings. The van der Waals surface area contributed by atoms with Gasteiger partial charge in [-0.2, -0.15) is 0 Å². The number of ether oxygens (including phenoxy) is 1. The second kappa shape index (κ2) is 4.55. The van der Waals surface area contributed by atoms with Crippen molar-refractivity contribution in [2.45, 2.75) is 12.5 Å². The van der Waals surface area contributed by atoms with Crippen molar-refractivity contribution >= 4 is 17.5 Å². The zero-order chi connectivity index (χ0) is 12.5. The van der Waals surface area contributed by atoms with E-state index in [1.54, 1.807) is 19.2 Å². The summed E-state index contributed by atoms with van der Waals surface area (Å²) in [6.07, 6.45) is 0. The van der Waals surface area contributed by atoms with Crippen LogP contribution in [0.4, 0.5) is 0 Å². The highest BCUT2D eigenvalue weighted by molar-refractivity contribution is 6.32. The van der Waals surface area contributed by atoms with Crippen molar-refractivity contribution in [2.75, 3.05) is 20.2 Å². The number of piperazine rings is 1. The summed E-state index contributed by atoms with van der Waals surface area (Å²) in [5.41, 5.74) is 0.106. The maximum absolute atomic E-state index is 11.9. The van der Waals surface area contributed by atoms with Gasteiger partial charge in [-0.15, -0.1) is 0 Å². The molecule has 1 heterocycles. The molecule has 1 aliphatic heterocycles. The summed E-state index contributed by atoms with van der Waals surface area (Å²) in [7, 11) is 1.56. The van der Waals surface area contributed by atoms with E-state index >= 15 is 0 Å². The summed E-state index contributed by atoms with van der Waals surface area (Å²) in [6, 6.07) is 5.38. The van der Waals surface area contributed by atoms with E-state index in [2.05, 4.69) is 10.6 Å². The van der Waals surface area contributed by atoms with Gasteiger partial charge in [-0.05, 0) is 24.6 Å². The molecule has 0 bridgehead atoms. The minimum absolute atomic E-state index is 0.0371. The van der Waals surface area contributed by atoms with Crippen LogP contribution in [0, 0.1) is 0 Å². The van der Waals surface area contributed by atoms with E-state index in [1.165, 1.54) is 0 Å². The number of methoxy groups -OCH3 is 1. The topological polar surface area (TPSA) is 50.4 Å². The summed E-state index contributed by atoms with van der Waals surface area (Å²) < 4.78 is 5.09. The first-order chi connectivity index (χ1) is 8.08. The van der Waals surface area contributed by atoms with E-state index in [1.807, 2.05) is 13.0 Å². The van der Waals surface area contributed by atoms with E-state index in [0.717, 1.165) is 12.1 Å². The highest BCUT2D eigenvalue weighted by Gasteiger charge is 2.37. The number of rotatable bonds is 2. The number of carbonyl (C=O) groups is 1. The largest absolute Gasteiger partial charge is 0.495 e. The van der Waals surface area contributed by atoms with Gasteiger partial charge in [0.15, 0.2) is 0 Å². The fraction of sp³-hybridized carbons (Fsp3) is 0.417. The van der Waals surface area contributed by atoms with Crippen molar-refractivity contribution in [3.8, 4) is 5.75 Å². The Bertz CT molecular complexity index is 450. The SMILES string of the molecule is COc1ccc(C2(C)NCCNC2=O)cc1Cl. The zero-order valence-corrected chi connectivity index (χ0v) is 10.6. The van der Waals surface area contributed by atoms with E-state index in [-0.39, 0.29) is 5.91 Å². The van der Waals surface area contributed by atoms with Gasteiger partial charge in [0, 0.05) is 13.1 Å². The van der Waals surface area contributed by atoms with Crippen LogP contribution in [0.15, 0.2) is 18.2 Å². The van der Waals surface area contributed by atoms with Crippen LogP contribution in [0.25, 0.3) is 0 Å². The Labute approximate surface area is 105 Å². The predicted molar refractivity (Wildman–Crippen MR) is 66.4 cm³/mol. The standard InChI is InChI=1S/C12H15ClN2O2/c1-12(11(16)14-5-6-15-12)8-3-4-10(17-2)9(13)7-8/h3-4,7,15H,5-6H2,1-2H3,(H,14,16). The molecule has 1 fully saturated rings. The summed E-state index contributed by atoms with van der Waals surface area (Å²) in [5, 5.41) is 6.56. The van der Waals surface area contributed by atoms with Gasteiger partial charge in [0.05, 0.1) is 12.1 Å². The maximum atomic E-state index is 11.9. The Morgan fingerprint density at radius 3 is 2.76 bits per heavy atom. The van der Waals surface area contributed by atoms with E-state index in [4.69, 9.17) is 16.3 Å². The second-order valence-electron chi connectivity index (χ2n) is 4.16. The molecule has 17 heavy (non-hydrogen) atoms. The molecule has 0 aliphatic carbocycles. The van der Waals surface area contributed by atoms with Crippen molar-refractivity contribution in [1.29, 1.82) is 0 Å². The Morgan fingerprint density at radius 1 is 1.41 bits per heavy atom. The third kappa shape index (κ3) is 2.10. The minimum atomic E-state index is -0.728. The van der Waals surface area contributed by atoms with Gasteiger partial charge in [0.25, 0.3) is 0 Å². The molecule has 2 rings (SSSR count). The first kappa shape index (κ1) is 12.2. The Kier molecular flexibility index (Phi) is 3.26. The lowest BCUT2D eigenvalue weighted by molar-refractivity contribution is -0.128. The summed E-state index contributed by atoms with van der Waals surface area (Å²) in [6.45, 7) is 3.24. The lowest BCUT2D eigenvalue weighted by Crippen LogP contribution is -2.59. The average molecular weight is 255 g/mol. The first-order valence-electron chi connectivity index (χ1n) is 5.45. The van der Waals surface area contributed by atoms with Gasteiger partial charge in [-0.25, -0.2) is 0 Å². The zero-order valence-electron chi connectivity index (χ0n) is 9.84. The number of halogens is 1. The molecule has 92 valence electrons. The van der Waals surface area contributed by atoms with Crippen LogP contribution < -0.4 is 15.4 Å². The number of amides is 1. The van der Waals surface area contributed by atoms with Gasteiger partial charge in [-0.1, -0.05) is 17.7 Å². The molecule has 1 amide bonds. The van der Waals surface area contributed by atoms with Crippen LogP contribution in [-0.2, 0) is 10.3 Å². The van der Waals surface area contributed by atoms with Crippen LogP contribution in [-0.4, -0.2) is 26.1 Å². The van der Waals surface area contributed by atoms with E-state index in [9.17, 15) is 4.79 Å². The quantitative estimate of drug-likeness (QED) is 0.836. The van der Waals surface area contributed by atoms with Gasteiger partial charge in [-0.3, -0.25) is 10.1 Å². The Morgan fingerprint density at radius 2 is 2.18 bits per heavy atom. The fourth-order valence-corrected chi connectivity index (χ4v) is 2.21. The van der Waals surface area contributed by atoms with E-state index in [0.29, 0.717) is 17.3 Å². The molecule has 2 N–H and O–H groups in total. The van der Waals surface area contributed by atoms with Gasteiger partial charge < -0.3 is 10.1 Å². The number of nitrogens with one attached hydrogen (secondary N) is 2. The third-order valence-corrected chi connectivity index (χ3v) is 3.37. The first-order valence-corrected chi connectivity index (χ1v) is 5.83. The maximum Gasteiger partial charge on any atom is 0.244 e. The third-order valence-electron chi connectivity index (χ3n) is 3.07. The average Bonchev–Trinajstić information content (AvgIpc) is 2.33. The fourth-order valence-electron chi connectivity index (χ4n) is 1.96. The molecule has 5 heteroatoms. The predicted octanol–water partition coefficient (Wildman–Crippen LogP) is 1.28. The highest BCUT2D eigenvalue weighted by atomic mass is 35.5. The normalized spacial score (nSPS) is 24.3. The highest BCUT2D eigenvalue weighted by Crippen LogP contribution is 2.30. The number of hydrogen-bond donors (Lipinski definition) is 2. The monoisotopic (exact) mass is 254 g/mol. The van der Waals surface area contributed by atoms with Crippen LogP contribution in [0.5, 0.6) is 5.75 Å². The van der Waals surface area contributed by atoms with Gasteiger partial charge in [0.1, 0.15) is 11.3 Å². The molecule has 1 aliphatic rings. The van der Waals surface area contributed by atoms with Crippen molar-refractivity contribution in [2.24, 2.45) is 0 Å². The molecular weight excluding hydrogens is 240 g/mol. The Hall–Kier alpha value is -1.26. The van der Waals surface area contributed by atoms with Gasteiger partial charge in [0.2, 0.25) is 5.91 Å².